The van der Waals surface area contributed by atoms with Crippen LogP contribution in [0, 0.1) is 0 Å². The number of hydrogen-bond donors (Lipinski definition) is 1. The van der Waals surface area contributed by atoms with Crippen molar-refractivity contribution in [2.24, 2.45) is 0 Å². The smallest absolute Gasteiger partial charge is 0.236 e. The topological polar surface area (TPSA) is 68.4 Å². The molecule has 0 amide bonds. The molecule has 0 aliphatic carbocycles. The van der Waals surface area contributed by atoms with Crippen LogP contribution in [0.3, 0.4) is 0 Å². The molecule has 2 unspecified atom stereocenters. The Kier molecular flexibility index (Phi) is 5.03. The summed E-state index contributed by atoms with van der Waals surface area (Å²) in [6, 6.07) is 7.49. The highest BCUT2D eigenvalue weighted by Crippen LogP contribution is 2.23. The van der Waals surface area contributed by atoms with Gasteiger partial charge in [-0.15, -0.1) is 11.8 Å². The molecule has 1 heterocycles. The summed E-state index contributed by atoms with van der Waals surface area (Å²) in [5.41, 5.74) is 0.884. The molecule has 0 saturated carbocycles. The molecule has 2 rings (SSSR count). The van der Waals surface area contributed by atoms with Gasteiger partial charge in [-0.25, -0.2) is 0 Å². The van der Waals surface area contributed by atoms with Crippen LogP contribution in [-0.2, 0) is 5.75 Å². The van der Waals surface area contributed by atoms with Crippen molar-refractivity contribution in [3.63, 3.8) is 0 Å². The third-order valence-corrected chi connectivity index (χ3v) is 4.30. The molecular weight excluding hydrogens is 276 g/mol. The molecule has 0 spiro atoms. The fourth-order valence-corrected chi connectivity index (χ4v) is 2.31. The number of benzene rings is 1. The van der Waals surface area contributed by atoms with Crippen LogP contribution in [0.4, 0.5) is 0 Å². The minimum atomic E-state index is -0.357. The summed E-state index contributed by atoms with van der Waals surface area (Å²) in [4.78, 5) is 4.35. The Balaban J connectivity index is 2.01. The Bertz CT molecular complexity index is 540. The van der Waals surface area contributed by atoms with Gasteiger partial charge in [0, 0.05) is 10.8 Å². The summed E-state index contributed by atoms with van der Waals surface area (Å²) < 4.78 is 10.3. The lowest BCUT2D eigenvalue weighted by Gasteiger charge is -2.11. The Hall–Kier alpha value is -1.53. The van der Waals surface area contributed by atoms with Crippen molar-refractivity contribution in [2.75, 3.05) is 7.11 Å². The summed E-state index contributed by atoms with van der Waals surface area (Å²) in [6.45, 7) is 3.74. The number of aliphatic hydroxyl groups excluding tert-OH is 1. The van der Waals surface area contributed by atoms with Crippen LogP contribution in [0.15, 0.2) is 28.8 Å². The van der Waals surface area contributed by atoms with Gasteiger partial charge in [0.2, 0.25) is 11.7 Å². The first-order valence-electron chi connectivity index (χ1n) is 6.37. The summed E-state index contributed by atoms with van der Waals surface area (Å²) >= 11 is 1.59. The number of aromatic nitrogens is 2. The van der Waals surface area contributed by atoms with E-state index in [1.165, 1.54) is 0 Å². The first kappa shape index (κ1) is 14.9. The lowest BCUT2D eigenvalue weighted by atomic mass is 10.2. The predicted octanol–water partition coefficient (Wildman–Crippen LogP) is 2.75. The molecule has 5 nitrogen and oxygen atoms in total. The van der Waals surface area contributed by atoms with Crippen molar-refractivity contribution in [1.29, 1.82) is 0 Å². The van der Waals surface area contributed by atoms with Crippen LogP contribution in [0.25, 0.3) is 11.4 Å². The number of hydrogen-bond acceptors (Lipinski definition) is 6. The number of ether oxygens (including phenoxy) is 1. The zero-order valence-corrected chi connectivity index (χ0v) is 12.6. The largest absolute Gasteiger partial charge is 0.497 e. The van der Waals surface area contributed by atoms with E-state index in [4.69, 9.17) is 9.26 Å². The molecular formula is C14H18N2O3S. The van der Waals surface area contributed by atoms with Gasteiger partial charge < -0.3 is 14.4 Å². The summed E-state index contributed by atoms with van der Waals surface area (Å²) in [6.07, 6.45) is -0.357. The minimum absolute atomic E-state index is 0.131. The summed E-state index contributed by atoms with van der Waals surface area (Å²) in [7, 11) is 1.63. The van der Waals surface area contributed by atoms with Crippen molar-refractivity contribution in [2.45, 2.75) is 31.0 Å². The maximum Gasteiger partial charge on any atom is 0.236 e. The van der Waals surface area contributed by atoms with Gasteiger partial charge in [0.15, 0.2) is 0 Å². The van der Waals surface area contributed by atoms with Crippen molar-refractivity contribution in [3.05, 3.63) is 30.2 Å². The Morgan fingerprint density at radius 2 is 2.00 bits per heavy atom. The van der Waals surface area contributed by atoms with Gasteiger partial charge in [-0.1, -0.05) is 12.1 Å². The molecule has 1 aromatic carbocycles. The molecule has 2 atom stereocenters. The molecule has 6 heteroatoms. The molecule has 0 saturated heterocycles. The van der Waals surface area contributed by atoms with E-state index in [-0.39, 0.29) is 11.4 Å². The van der Waals surface area contributed by atoms with Crippen LogP contribution >= 0.6 is 11.8 Å². The van der Waals surface area contributed by atoms with Gasteiger partial charge in [-0.05, 0) is 31.2 Å². The van der Waals surface area contributed by atoms with Crippen molar-refractivity contribution in [1.82, 2.24) is 10.1 Å². The van der Waals surface area contributed by atoms with Gasteiger partial charge in [-0.2, -0.15) is 4.98 Å². The second kappa shape index (κ2) is 6.76. The number of methoxy groups -OCH3 is 1. The summed E-state index contributed by atoms with van der Waals surface area (Å²) in [5.74, 6) is 2.51. The standard InChI is InChI=1S/C14H18N2O3S/c1-9(17)10(2)20-8-13-15-14(16-19-13)11-4-6-12(18-3)7-5-11/h4-7,9-10,17H,8H2,1-3H3. The van der Waals surface area contributed by atoms with E-state index in [0.29, 0.717) is 17.5 Å². The van der Waals surface area contributed by atoms with Crippen LogP contribution in [0.5, 0.6) is 5.75 Å². The van der Waals surface area contributed by atoms with E-state index in [0.717, 1.165) is 11.3 Å². The number of nitrogens with zero attached hydrogens (tertiary/aromatic N) is 2. The first-order valence-corrected chi connectivity index (χ1v) is 7.41. The van der Waals surface area contributed by atoms with Crippen LogP contribution in [0.1, 0.15) is 19.7 Å². The molecule has 0 aliphatic heterocycles. The van der Waals surface area contributed by atoms with Crippen molar-refractivity contribution >= 4 is 11.8 Å². The van der Waals surface area contributed by atoms with E-state index in [1.54, 1.807) is 25.8 Å². The molecule has 1 N–H and O–H groups in total. The van der Waals surface area contributed by atoms with Crippen molar-refractivity contribution in [3.8, 4) is 17.1 Å². The highest BCUT2D eigenvalue weighted by Gasteiger charge is 2.13. The molecule has 0 bridgehead atoms. The van der Waals surface area contributed by atoms with Crippen LogP contribution in [-0.4, -0.2) is 33.7 Å². The van der Waals surface area contributed by atoms with E-state index in [1.807, 2.05) is 31.2 Å². The van der Waals surface area contributed by atoms with Crippen LogP contribution in [0.2, 0.25) is 0 Å². The molecule has 20 heavy (non-hydrogen) atoms. The second-order valence-corrected chi connectivity index (χ2v) is 5.86. The van der Waals surface area contributed by atoms with E-state index < -0.39 is 0 Å². The quantitative estimate of drug-likeness (QED) is 0.883. The molecule has 2 aromatic rings. The number of rotatable bonds is 6. The SMILES string of the molecule is COc1ccc(-c2noc(CSC(C)C(C)O)n2)cc1. The normalized spacial score (nSPS) is 14.0. The summed E-state index contributed by atoms with van der Waals surface area (Å²) in [5, 5.41) is 13.5. The van der Waals surface area contributed by atoms with Gasteiger partial charge in [0.1, 0.15) is 5.75 Å². The first-order chi connectivity index (χ1) is 9.60. The maximum absolute atomic E-state index is 9.43. The van der Waals surface area contributed by atoms with Gasteiger partial charge >= 0.3 is 0 Å². The lowest BCUT2D eigenvalue weighted by molar-refractivity contribution is 0.196. The zero-order chi connectivity index (χ0) is 14.5. The van der Waals surface area contributed by atoms with E-state index in [2.05, 4.69) is 10.1 Å². The Morgan fingerprint density at radius 3 is 2.60 bits per heavy atom. The molecule has 1 aromatic heterocycles. The molecule has 0 fully saturated rings. The number of thioether (sulfide) groups is 1. The second-order valence-electron chi connectivity index (χ2n) is 4.50. The molecule has 108 valence electrons. The maximum atomic E-state index is 9.43. The lowest BCUT2D eigenvalue weighted by Crippen LogP contribution is -2.15. The third kappa shape index (κ3) is 3.74. The fraction of sp³-hybridized carbons (Fsp3) is 0.429. The van der Waals surface area contributed by atoms with Crippen LogP contribution < -0.4 is 4.74 Å². The monoisotopic (exact) mass is 294 g/mol. The molecule has 0 aliphatic rings. The van der Waals surface area contributed by atoms with Gasteiger partial charge in [-0.3, -0.25) is 0 Å². The third-order valence-electron chi connectivity index (χ3n) is 2.97. The molecule has 0 radical (unpaired) electrons. The van der Waals surface area contributed by atoms with Crippen molar-refractivity contribution < 1.29 is 14.4 Å². The Labute approximate surface area is 122 Å². The zero-order valence-electron chi connectivity index (χ0n) is 11.7. The average Bonchev–Trinajstić information content (AvgIpc) is 2.93. The predicted molar refractivity (Wildman–Crippen MR) is 78.7 cm³/mol. The minimum Gasteiger partial charge on any atom is -0.497 e. The number of aliphatic hydroxyl groups is 1. The highest BCUT2D eigenvalue weighted by atomic mass is 32.2. The van der Waals surface area contributed by atoms with Gasteiger partial charge in [0.25, 0.3) is 0 Å². The highest BCUT2D eigenvalue weighted by molar-refractivity contribution is 7.99. The van der Waals surface area contributed by atoms with E-state index in [9.17, 15) is 5.11 Å². The Morgan fingerprint density at radius 1 is 1.30 bits per heavy atom. The fourth-order valence-electron chi connectivity index (χ4n) is 1.51. The van der Waals surface area contributed by atoms with E-state index >= 15 is 0 Å². The average molecular weight is 294 g/mol. The van der Waals surface area contributed by atoms with Gasteiger partial charge in [0.05, 0.1) is 19.0 Å².